The normalized spacial score (nSPS) is 16.2. The first kappa shape index (κ1) is 15.2. The fourth-order valence-corrected chi connectivity index (χ4v) is 3.75. The van der Waals surface area contributed by atoms with Crippen LogP contribution in [0.25, 0.3) is 10.3 Å². The summed E-state index contributed by atoms with van der Waals surface area (Å²) in [5.74, 6) is -0.325. The maximum Gasteiger partial charge on any atom is 0.257 e. The Morgan fingerprint density at radius 2 is 2.36 bits per heavy atom. The monoisotopic (exact) mass is 352 g/mol. The number of H-pyrrole nitrogens is 1. The lowest BCUT2D eigenvalue weighted by Gasteiger charge is -2.25. The van der Waals surface area contributed by atoms with Gasteiger partial charge < -0.3 is 20.8 Å². The summed E-state index contributed by atoms with van der Waals surface area (Å²) in [6.45, 7) is 0. The van der Waals surface area contributed by atoms with Gasteiger partial charge in [0.05, 0.1) is 11.5 Å². The van der Waals surface area contributed by atoms with Gasteiger partial charge in [-0.05, 0) is 11.6 Å². The van der Waals surface area contributed by atoms with Crippen LogP contribution in [-0.2, 0) is 0 Å². The molecule has 0 radical (unpaired) electrons. The molecule has 25 heavy (non-hydrogen) atoms. The number of anilines is 1. The number of hydrogen-bond acceptors (Lipinski definition) is 8. The molecule has 3 aromatic rings. The Labute approximate surface area is 145 Å². The molecule has 0 fully saturated rings. The van der Waals surface area contributed by atoms with Gasteiger partial charge in [-0.2, -0.15) is 5.26 Å². The molecule has 0 amide bonds. The number of fused-ring (bicyclic) bond motifs is 3. The molecule has 4 heterocycles. The highest BCUT2D eigenvalue weighted by Crippen LogP contribution is 2.44. The Bertz CT molecular complexity index is 1110. The lowest BCUT2D eigenvalue weighted by Crippen LogP contribution is -2.27. The summed E-state index contributed by atoms with van der Waals surface area (Å²) >= 11 is 1.33. The highest BCUT2D eigenvalue weighted by Gasteiger charge is 2.35. The van der Waals surface area contributed by atoms with Gasteiger partial charge in [0.25, 0.3) is 5.56 Å². The van der Waals surface area contributed by atoms with Crippen molar-refractivity contribution >= 4 is 26.8 Å². The predicted molar refractivity (Wildman–Crippen MR) is 93.3 cm³/mol. The van der Waals surface area contributed by atoms with Crippen molar-refractivity contribution in [1.29, 1.82) is 5.26 Å². The fourth-order valence-electron chi connectivity index (χ4n) is 2.88. The number of ether oxygens (including phenoxy) is 1. The molecule has 4 rings (SSSR count). The van der Waals surface area contributed by atoms with Crippen molar-refractivity contribution in [2.45, 2.75) is 5.92 Å². The lowest BCUT2D eigenvalue weighted by atomic mass is 9.85. The summed E-state index contributed by atoms with van der Waals surface area (Å²) in [5.41, 5.74) is 7.23. The molecule has 1 atom stereocenters. The van der Waals surface area contributed by atoms with Crippen molar-refractivity contribution in [3.05, 3.63) is 57.5 Å². The van der Waals surface area contributed by atoms with Crippen LogP contribution in [0.5, 0.6) is 5.75 Å². The summed E-state index contributed by atoms with van der Waals surface area (Å²) in [6, 6.07) is 5.60. The number of pyridine rings is 2. The van der Waals surface area contributed by atoms with E-state index in [1.807, 2.05) is 0 Å². The molecule has 0 aliphatic carbocycles. The number of aromatic amines is 1. The van der Waals surface area contributed by atoms with Crippen molar-refractivity contribution < 1.29 is 4.74 Å². The molecule has 124 valence electrons. The molecular formula is C16H12N6O2S. The first-order valence-corrected chi connectivity index (χ1v) is 8.17. The average molecular weight is 352 g/mol. The maximum absolute atomic E-state index is 12.7. The van der Waals surface area contributed by atoms with E-state index in [9.17, 15) is 10.1 Å². The van der Waals surface area contributed by atoms with Gasteiger partial charge in [0.15, 0.2) is 16.5 Å². The number of aromatic nitrogens is 3. The summed E-state index contributed by atoms with van der Waals surface area (Å²) in [4.78, 5) is 23.9. The number of nitrogens with zero attached hydrogens (tertiary/aromatic N) is 3. The van der Waals surface area contributed by atoms with Gasteiger partial charge in [0, 0.05) is 19.4 Å². The molecule has 1 aliphatic rings. The van der Waals surface area contributed by atoms with Gasteiger partial charge in [0.1, 0.15) is 16.3 Å². The Morgan fingerprint density at radius 3 is 3.04 bits per heavy atom. The smallest absolute Gasteiger partial charge is 0.257 e. The number of nitrogens with one attached hydrogen (secondary N) is 2. The van der Waals surface area contributed by atoms with Crippen molar-refractivity contribution in [3.63, 3.8) is 0 Å². The Hall–Kier alpha value is -3.38. The van der Waals surface area contributed by atoms with Crippen LogP contribution in [0.1, 0.15) is 17.0 Å². The Balaban J connectivity index is 2.07. The van der Waals surface area contributed by atoms with Gasteiger partial charge in [-0.25, -0.2) is 4.98 Å². The maximum atomic E-state index is 12.7. The number of rotatable bonds is 2. The van der Waals surface area contributed by atoms with E-state index >= 15 is 0 Å². The number of nitrogens with two attached hydrogens (primary N) is 1. The summed E-state index contributed by atoms with van der Waals surface area (Å²) in [6.07, 6.45) is 3.23. The number of nitriles is 1. The lowest BCUT2D eigenvalue weighted by molar-refractivity contribution is 0.397. The standard InChI is InChI=1S/C16H12N6O2S/c1-19-16-22-14-12(25-16)11-10(15(23)21-14)9(7-3-2-4-20-6-7)8(5-17)13(18)24-11/h2-4,6,9H,18H2,1H3,(H2,19,21,22,23)/t9-/m0/s1. The summed E-state index contributed by atoms with van der Waals surface area (Å²) in [5, 5.41) is 13.1. The predicted octanol–water partition coefficient (Wildman–Crippen LogP) is 1.64. The minimum absolute atomic E-state index is 0.0184. The quantitative estimate of drug-likeness (QED) is 0.639. The molecule has 0 unspecified atom stereocenters. The van der Waals surface area contributed by atoms with Crippen molar-refractivity contribution in [2.24, 2.45) is 5.73 Å². The third-order valence-electron chi connectivity index (χ3n) is 3.96. The third-order valence-corrected chi connectivity index (χ3v) is 5.03. The van der Waals surface area contributed by atoms with Crippen molar-refractivity contribution in [3.8, 4) is 11.8 Å². The summed E-state index contributed by atoms with van der Waals surface area (Å²) in [7, 11) is 1.74. The molecule has 0 spiro atoms. The van der Waals surface area contributed by atoms with Crippen LogP contribution in [0.4, 0.5) is 5.13 Å². The molecule has 3 aromatic heterocycles. The number of thiazole rings is 1. The number of allylic oxidation sites excluding steroid dienone is 1. The van der Waals surface area contributed by atoms with Crippen molar-refractivity contribution in [1.82, 2.24) is 15.0 Å². The third kappa shape index (κ3) is 2.23. The zero-order valence-electron chi connectivity index (χ0n) is 13.0. The molecule has 8 nitrogen and oxygen atoms in total. The Kier molecular flexibility index (Phi) is 3.40. The van der Waals surface area contributed by atoms with Gasteiger partial charge in [-0.3, -0.25) is 9.78 Å². The topological polar surface area (TPSA) is 130 Å². The van der Waals surface area contributed by atoms with Crippen LogP contribution < -0.4 is 21.3 Å². The van der Waals surface area contributed by atoms with Crippen LogP contribution in [0.3, 0.4) is 0 Å². The van der Waals surface area contributed by atoms with Gasteiger partial charge in [-0.1, -0.05) is 17.4 Å². The largest absolute Gasteiger partial charge is 0.438 e. The van der Waals surface area contributed by atoms with Gasteiger partial charge >= 0.3 is 0 Å². The molecule has 0 bridgehead atoms. The second-order valence-electron chi connectivity index (χ2n) is 5.35. The second-order valence-corrected chi connectivity index (χ2v) is 6.35. The van der Waals surface area contributed by atoms with Crippen LogP contribution in [0, 0.1) is 11.3 Å². The molecular weight excluding hydrogens is 340 g/mol. The van der Waals surface area contributed by atoms with E-state index in [2.05, 4.69) is 26.3 Å². The van der Waals surface area contributed by atoms with Crippen LogP contribution >= 0.6 is 11.3 Å². The minimum atomic E-state index is -0.643. The van der Waals surface area contributed by atoms with E-state index in [-0.39, 0.29) is 17.0 Å². The highest BCUT2D eigenvalue weighted by atomic mass is 32.1. The van der Waals surface area contributed by atoms with Crippen LogP contribution in [0.15, 0.2) is 40.8 Å². The van der Waals surface area contributed by atoms with E-state index in [0.717, 1.165) is 0 Å². The minimum Gasteiger partial charge on any atom is -0.438 e. The van der Waals surface area contributed by atoms with Crippen LogP contribution in [0.2, 0.25) is 0 Å². The molecule has 0 saturated carbocycles. The van der Waals surface area contributed by atoms with Gasteiger partial charge in [0.2, 0.25) is 5.88 Å². The highest BCUT2D eigenvalue weighted by molar-refractivity contribution is 7.22. The molecule has 0 saturated heterocycles. The Morgan fingerprint density at radius 1 is 1.52 bits per heavy atom. The SMILES string of the molecule is CNc1nc2[nH]c(=O)c3c(c2s1)OC(N)=C(C#N)[C@@H]3c1cccnc1. The molecule has 1 aliphatic heterocycles. The number of hydrogen-bond donors (Lipinski definition) is 3. The van der Waals surface area contributed by atoms with Gasteiger partial charge in [-0.15, -0.1) is 0 Å². The van der Waals surface area contributed by atoms with E-state index in [0.29, 0.717) is 32.4 Å². The van der Waals surface area contributed by atoms with E-state index in [1.54, 1.807) is 31.6 Å². The average Bonchev–Trinajstić information content (AvgIpc) is 3.04. The molecule has 9 heteroatoms. The van der Waals surface area contributed by atoms with Crippen molar-refractivity contribution in [2.75, 3.05) is 12.4 Å². The zero-order chi connectivity index (χ0) is 17.6. The zero-order valence-corrected chi connectivity index (χ0v) is 13.8. The molecule has 4 N–H and O–H groups in total. The van der Waals surface area contributed by atoms with E-state index in [4.69, 9.17) is 10.5 Å². The van der Waals surface area contributed by atoms with E-state index in [1.165, 1.54) is 11.3 Å². The first-order chi connectivity index (χ1) is 12.1. The fraction of sp³-hybridized carbons (Fsp3) is 0.125. The summed E-state index contributed by atoms with van der Waals surface area (Å²) < 4.78 is 6.34. The second kappa shape index (κ2) is 5.61. The van der Waals surface area contributed by atoms with Crippen LogP contribution in [-0.4, -0.2) is 22.0 Å². The first-order valence-electron chi connectivity index (χ1n) is 7.36. The van der Waals surface area contributed by atoms with E-state index < -0.39 is 5.92 Å². The molecule has 0 aromatic carbocycles.